The van der Waals surface area contributed by atoms with Crippen LogP contribution >= 0.6 is 11.8 Å². The summed E-state index contributed by atoms with van der Waals surface area (Å²) < 4.78 is 31.3. The molecule has 2 N–H and O–H groups in total. The zero-order valence-corrected chi connectivity index (χ0v) is 18.4. The maximum absolute atomic E-state index is 12.2. The van der Waals surface area contributed by atoms with E-state index in [1.54, 1.807) is 31.2 Å². The van der Waals surface area contributed by atoms with Gasteiger partial charge in [0.2, 0.25) is 21.8 Å². The van der Waals surface area contributed by atoms with Crippen LogP contribution in [0.15, 0.2) is 52.1 Å². The fourth-order valence-electron chi connectivity index (χ4n) is 2.58. The minimum atomic E-state index is -3.33. The second-order valence-corrected chi connectivity index (χ2v) is 9.55. The van der Waals surface area contributed by atoms with Gasteiger partial charge in [-0.1, -0.05) is 29.5 Å². The first kappa shape index (κ1) is 21.8. The largest absolute Gasteiger partial charge is 0.411 e. The first-order chi connectivity index (χ1) is 14.3. The Balaban J connectivity index is 1.57. The Hall–Kier alpha value is -2.85. The van der Waals surface area contributed by atoms with E-state index >= 15 is 0 Å². The van der Waals surface area contributed by atoms with Crippen LogP contribution in [0.4, 0.5) is 11.4 Å². The van der Waals surface area contributed by atoms with Gasteiger partial charge in [-0.2, -0.15) is 0 Å². The number of aromatic nitrogens is 2. The van der Waals surface area contributed by atoms with Gasteiger partial charge in [-0.25, -0.2) is 8.42 Å². The molecule has 1 heterocycles. The lowest BCUT2D eigenvalue weighted by Crippen LogP contribution is -2.14. The molecule has 158 valence electrons. The van der Waals surface area contributed by atoms with Crippen molar-refractivity contribution in [3.05, 3.63) is 53.6 Å². The SMILES string of the molecule is CCS(=O)(=O)Nc1ccc(-c2nnc(SCC(=O)Nc3ccc(C)cc3C)o2)cc1. The Morgan fingerprint density at radius 3 is 2.50 bits per heavy atom. The number of carbonyl (C=O) groups is 1. The first-order valence-electron chi connectivity index (χ1n) is 9.20. The second kappa shape index (κ2) is 9.31. The van der Waals surface area contributed by atoms with Gasteiger partial charge in [0.1, 0.15) is 0 Å². The van der Waals surface area contributed by atoms with E-state index in [0.29, 0.717) is 11.3 Å². The van der Waals surface area contributed by atoms with Crippen molar-refractivity contribution in [2.75, 3.05) is 21.5 Å². The third kappa shape index (κ3) is 5.83. The van der Waals surface area contributed by atoms with Gasteiger partial charge >= 0.3 is 0 Å². The summed E-state index contributed by atoms with van der Waals surface area (Å²) >= 11 is 1.14. The highest BCUT2D eigenvalue weighted by atomic mass is 32.2. The minimum Gasteiger partial charge on any atom is -0.411 e. The van der Waals surface area contributed by atoms with Gasteiger partial charge in [0.05, 0.1) is 11.5 Å². The van der Waals surface area contributed by atoms with Crippen molar-refractivity contribution in [2.24, 2.45) is 0 Å². The topological polar surface area (TPSA) is 114 Å². The predicted molar refractivity (Wildman–Crippen MR) is 118 cm³/mol. The number of hydrogen-bond acceptors (Lipinski definition) is 7. The average molecular weight is 447 g/mol. The molecule has 0 aliphatic rings. The molecule has 0 spiro atoms. The molecule has 0 radical (unpaired) electrons. The summed E-state index contributed by atoms with van der Waals surface area (Å²) in [5.74, 6) is 0.249. The molecule has 1 amide bonds. The van der Waals surface area contributed by atoms with Gasteiger partial charge in [-0.3, -0.25) is 9.52 Å². The number of anilines is 2. The van der Waals surface area contributed by atoms with Gasteiger partial charge in [0.25, 0.3) is 5.22 Å². The highest BCUT2D eigenvalue weighted by molar-refractivity contribution is 7.99. The lowest BCUT2D eigenvalue weighted by molar-refractivity contribution is -0.113. The summed E-state index contributed by atoms with van der Waals surface area (Å²) in [6.07, 6.45) is 0. The molecule has 1 aromatic heterocycles. The number of rotatable bonds is 8. The minimum absolute atomic E-state index is 0.00392. The molecule has 0 saturated carbocycles. The Morgan fingerprint density at radius 2 is 1.83 bits per heavy atom. The zero-order valence-electron chi connectivity index (χ0n) is 16.8. The van der Waals surface area contributed by atoms with Crippen molar-refractivity contribution in [3.63, 3.8) is 0 Å². The van der Waals surface area contributed by atoms with Crippen LogP contribution in [0, 0.1) is 13.8 Å². The van der Waals surface area contributed by atoms with E-state index in [9.17, 15) is 13.2 Å². The molecular formula is C20H22N4O4S2. The van der Waals surface area contributed by atoms with Gasteiger partial charge in [-0.05, 0) is 56.7 Å². The first-order valence-corrected chi connectivity index (χ1v) is 11.8. The van der Waals surface area contributed by atoms with Crippen LogP contribution in [0.2, 0.25) is 0 Å². The van der Waals surface area contributed by atoms with Crippen molar-refractivity contribution in [3.8, 4) is 11.5 Å². The molecule has 0 aliphatic heterocycles. The summed E-state index contributed by atoms with van der Waals surface area (Å²) in [4.78, 5) is 12.2. The van der Waals surface area contributed by atoms with Crippen LogP contribution in [-0.2, 0) is 14.8 Å². The molecule has 0 saturated heterocycles. The number of aryl methyl sites for hydroxylation is 2. The molecule has 2 aromatic carbocycles. The van der Waals surface area contributed by atoms with Gasteiger partial charge in [-0.15, -0.1) is 10.2 Å². The standard InChI is InChI=1S/C20H22N4O4S2/c1-4-30(26,27)24-16-8-6-15(7-9-16)19-22-23-20(28-19)29-12-18(25)21-17-10-5-13(2)11-14(17)3/h5-11,24H,4,12H2,1-3H3,(H,21,25). The number of benzene rings is 2. The Labute approximate surface area is 179 Å². The molecule has 3 rings (SSSR count). The summed E-state index contributed by atoms with van der Waals surface area (Å²) in [5, 5.41) is 11.1. The van der Waals surface area contributed by atoms with E-state index in [4.69, 9.17) is 4.42 Å². The van der Waals surface area contributed by atoms with Gasteiger partial charge in [0, 0.05) is 16.9 Å². The van der Waals surface area contributed by atoms with Gasteiger partial charge in [0.15, 0.2) is 0 Å². The fraction of sp³-hybridized carbons (Fsp3) is 0.250. The van der Waals surface area contributed by atoms with Crippen LogP contribution in [0.1, 0.15) is 18.1 Å². The number of amides is 1. The number of thioether (sulfide) groups is 1. The molecule has 3 aromatic rings. The third-order valence-corrected chi connectivity index (χ3v) is 6.30. The number of nitrogens with one attached hydrogen (secondary N) is 2. The molecule has 10 heteroatoms. The third-order valence-electron chi connectivity index (χ3n) is 4.17. The number of carbonyl (C=O) groups excluding carboxylic acids is 1. The van der Waals surface area contributed by atoms with E-state index in [-0.39, 0.29) is 28.5 Å². The molecular weight excluding hydrogens is 424 g/mol. The van der Waals surface area contributed by atoms with Crippen LogP contribution < -0.4 is 10.0 Å². The average Bonchev–Trinajstić information content (AvgIpc) is 3.18. The number of nitrogens with zero attached hydrogens (tertiary/aromatic N) is 2. The normalized spacial score (nSPS) is 11.3. The Morgan fingerprint density at radius 1 is 1.10 bits per heavy atom. The molecule has 30 heavy (non-hydrogen) atoms. The molecule has 0 fully saturated rings. The Bertz CT molecular complexity index is 1140. The molecule has 0 atom stereocenters. The van der Waals surface area contributed by atoms with Crippen molar-refractivity contribution in [1.82, 2.24) is 10.2 Å². The highest BCUT2D eigenvalue weighted by Crippen LogP contribution is 2.25. The van der Waals surface area contributed by atoms with Gasteiger partial charge < -0.3 is 9.73 Å². The van der Waals surface area contributed by atoms with E-state index in [2.05, 4.69) is 20.2 Å². The summed E-state index contributed by atoms with van der Waals surface area (Å²) in [5.41, 5.74) is 4.01. The van der Waals surface area contributed by atoms with Crippen LogP contribution in [0.5, 0.6) is 0 Å². The predicted octanol–water partition coefficient (Wildman–Crippen LogP) is 3.85. The number of hydrogen-bond donors (Lipinski definition) is 2. The molecule has 0 unspecified atom stereocenters. The molecule has 0 aliphatic carbocycles. The lowest BCUT2D eigenvalue weighted by Gasteiger charge is -2.08. The summed E-state index contributed by atoms with van der Waals surface area (Å²) in [7, 11) is -3.33. The lowest BCUT2D eigenvalue weighted by atomic mass is 10.1. The zero-order chi connectivity index (χ0) is 21.7. The quantitative estimate of drug-likeness (QED) is 0.505. The maximum Gasteiger partial charge on any atom is 0.277 e. The maximum atomic E-state index is 12.2. The Kier molecular flexibility index (Phi) is 6.78. The van der Waals surface area contributed by atoms with E-state index in [0.717, 1.165) is 28.6 Å². The van der Waals surface area contributed by atoms with Crippen molar-refractivity contribution < 1.29 is 17.6 Å². The van der Waals surface area contributed by atoms with Crippen LogP contribution in [0.3, 0.4) is 0 Å². The molecule has 0 bridgehead atoms. The van der Waals surface area contributed by atoms with E-state index < -0.39 is 10.0 Å². The number of sulfonamides is 1. The summed E-state index contributed by atoms with van der Waals surface area (Å²) in [6, 6.07) is 12.4. The van der Waals surface area contributed by atoms with Crippen molar-refractivity contribution in [2.45, 2.75) is 26.0 Å². The van der Waals surface area contributed by atoms with Crippen LogP contribution in [-0.4, -0.2) is 36.0 Å². The van der Waals surface area contributed by atoms with E-state index in [1.807, 2.05) is 32.0 Å². The fourth-order valence-corrected chi connectivity index (χ4v) is 3.79. The smallest absolute Gasteiger partial charge is 0.277 e. The molecule has 8 nitrogen and oxygen atoms in total. The van der Waals surface area contributed by atoms with Crippen molar-refractivity contribution in [1.29, 1.82) is 0 Å². The summed E-state index contributed by atoms with van der Waals surface area (Å²) in [6.45, 7) is 5.51. The van der Waals surface area contributed by atoms with Crippen LogP contribution in [0.25, 0.3) is 11.5 Å². The monoisotopic (exact) mass is 446 g/mol. The van der Waals surface area contributed by atoms with E-state index in [1.165, 1.54) is 0 Å². The highest BCUT2D eigenvalue weighted by Gasteiger charge is 2.13. The second-order valence-electron chi connectivity index (χ2n) is 6.61. The van der Waals surface area contributed by atoms with Crippen molar-refractivity contribution >= 4 is 39.1 Å².